The van der Waals surface area contributed by atoms with E-state index in [1.54, 1.807) is 6.07 Å². The van der Waals surface area contributed by atoms with E-state index in [9.17, 15) is 13.2 Å². The molecule has 1 aromatic rings. The fourth-order valence-electron chi connectivity index (χ4n) is 1.38. The number of hydrogen-bond donors (Lipinski definition) is 0. The molecule has 0 fully saturated rings. The minimum Gasteiger partial charge on any atom is -0.493 e. The molecule has 1 unspecified atom stereocenters. The van der Waals surface area contributed by atoms with Gasteiger partial charge in [-0.3, -0.25) is 0 Å². The lowest BCUT2D eigenvalue weighted by molar-refractivity contribution is -0.137. The van der Waals surface area contributed by atoms with Gasteiger partial charge in [0.05, 0.1) is 12.2 Å². The van der Waals surface area contributed by atoms with Crippen LogP contribution in [0.25, 0.3) is 0 Å². The number of halogens is 4. The molecule has 1 rings (SSSR count). The van der Waals surface area contributed by atoms with E-state index in [4.69, 9.17) is 4.74 Å². The Balaban J connectivity index is 2.68. The molecule has 0 spiro atoms. The first kappa shape index (κ1) is 15.3. The van der Waals surface area contributed by atoms with E-state index in [2.05, 4.69) is 29.8 Å². The Hall–Kier alpha value is -0.710. The van der Waals surface area contributed by atoms with E-state index in [0.717, 1.165) is 17.5 Å². The Morgan fingerprint density at radius 2 is 1.94 bits per heavy atom. The fourth-order valence-corrected chi connectivity index (χ4v) is 2.32. The summed E-state index contributed by atoms with van der Waals surface area (Å²) in [6, 6.07) is 4.97. The molecule has 0 aliphatic carbocycles. The van der Waals surface area contributed by atoms with Gasteiger partial charge in [-0.05, 0) is 24.1 Å². The maximum absolute atomic E-state index is 12.5. The highest BCUT2D eigenvalue weighted by molar-refractivity contribution is 9.09. The molecule has 18 heavy (non-hydrogen) atoms. The van der Waals surface area contributed by atoms with Gasteiger partial charge >= 0.3 is 6.18 Å². The van der Waals surface area contributed by atoms with Crippen molar-refractivity contribution in [3.05, 3.63) is 29.8 Å². The van der Waals surface area contributed by atoms with Crippen LogP contribution >= 0.6 is 15.9 Å². The Morgan fingerprint density at radius 1 is 1.28 bits per heavy atom. The van der Waals surface area contributed by atoms with E-state index in [1.165, 1.54) is 6.07 Å². The van der Waals surface area contributed by atoms with Crippen LogP contribution in [0.5, 0.6) is 5.75 Å². The first-order chi connectivity index (χ1) is 8.34. The SMILES string of the molecule is CC(C)C(CBr)COc1cccc(C(F)(F)F)c1. The molecule has 0 amide bonds. The van der Waals surface area contributed by atoms with Crippen molar-refractivity contribution >= 4 is 15.9 Å². The lowest BCUT2D eigenvalue weighted by Gasteiger charge is -2.19. The molecule has 0 aliphatic heterocycles. The van der Waals surface area contributed by atoms with Crippen molar-refractivity contribution in [3.63, 3.8) is 0 Å². The highest BCUT2D eigenvalue weighted by Gasteiger charge is 2.30. The van der Waals surface area contributed by atoms with Crippen LogP contribution in [-0.2, 0) is 6.18 Å². The van der Waals surface area contributed by atoms with Gasteiger partial charge in [0.15, 0.2) is 0 Å². The Morgan fingerprint density at radius 3 is 2.44 bits per heavy atom. The van der Waals surface area contributed by atoms with Crippen molar-refractivity contribution < 1.29 is 17.9 Å². The van der Waals surface area contributed by atoms with Crippen LogP contribution in [0.4, 0.5) is 13.2 Å². The van der Waals surface area contributed by atoms with E-state index < -0.39 is 11.7 Å². The van der Waals surface area contributed by atoms with Crippen molar-refractivity contribution in [1.29, 1.82) is 0 Å². The molecule has 102 valence electrons. The Labute approximate surface area is 113 Å². The average molecular weight is 325 g/mol. The summed E-state index contributed by atoms with van der Waals surface area (Å²) in [6.07, 6.45) is -4.33. The number of rotatable bonds is 5. The average Bonchev–Trinajstić information content (AvgIpc) is 2.28. The smallest absolute Gasteiger partial charge is 0.416 e. The third-order valence-electron chi connectivity index (χ3n) is 2.77. The summed E-state index contributed by atoms with van der Waals surface area (Å²) in [6.45, 7) is 4.52. The second kappa shape index (κ2) is 6.45. The summed E-state index contributed by atoms with van der Waals surface area (Å²) in [5, 5.41) is 0.767. The van der Waals surface area contributed by atoms with Crippen molar-refractivity contribution in [2.75, 3.05) is 11.9 Å². The number of alkyl halides is 4. The Kier molecular flexibility index (Phi) is 5.50. The molecule has 0 radical (unpaired) electrons. The third-order valence-corrected chi connectivity index (χ3v) is 3.60. The third kappa shape index (κ3) is 4.52. The van der Waals surface area contributed by atoms with Gasteiger partial charge in [0.2, 0.25) is 0 Å². The zero-order valence-electron chi connectivity index (χ0n) is 10.3. The molecular weight excluding hydrogens is 309 g/mol. The number of benzene rings is 1. The quantitative estimate of drug-likeness (QED) is 0.710. The van der Waals surface area contributed by atoms with Gasteiger partial charge in [0, 0.05) is 11.2 Å². The highest BCUT2D eigenvalue weighted by atomic mass is 79.9. The maximum Gasteiger partial charge on any atom is 0.416 e. The summed E-state index contributed by atoms with van der Waals surface area (Å²) in [7, 11) is 0. The van der Waals surface area contributed by atoms with Gasteiger partial charge in [-0.15, -0.1) is 0 Å². The lowest BCUT2D eigenvalue weighted by atomic mass is 9.99. The molecule has 0 bridgehead atoms. The topological polar surface area (TPSA) is 9.23 Å². The first-order valence-electron chi connectivity index (χ1n) is 5.70. The van der Waals surface area contributed by atoms with Crippen molar-refractivity contribution in [2.24, 2.45) is 11.8 Å². The van der Waals surface area contributed by atoms with Crippen LogP contribution in [0.15, 0.2) is 24.3 Å². The highest BCUT2D eigenvalue weighted by Crippen LogP contribution is 2.31. The number of hydrogen-bond acceptors (Lipinski definition) is 1. The van der Waals surface area contributed by atoms with E-state index in [-0.39, 0.29) is 11.7 Å². The predicted molar refractivity (Wildman–Crippen MR) is 69.1 cm³/mol. The second-order valence-corrected chi connectivity index (χ2v) is 5.14. The summed E-state index contributed by atoms with van der Waals surface area (Å²) in [5.41, 5.74) is -0.681. The van der Waals surface area contributed by atoms with Gasteiger partial charge < -0.3 is 4.74 Å². The molecule has 5 heteroatoms. The van der Waals surface area contributed by atoms with Crippen LogP contribution in [0, 0.1) is 11.8 Å². The normalized spacial score (nSPS) is 13.7. The maximum atomic E-state index is 12.5. The zero-order valence-corrected chi connectivity index (χ0v) is 11.9. The van der Waals surface area contributed by atoms with E-state index >= 15 is 0 Å². The predicted octanol–water partition coefficient (Wildman–Crippen LogP) is 4.75. The summed E-state index contributed by atoms with van der Waals surface area (Å²) in [5.74, 6) is 0.950. The summed E-state index contributed by atoms with van der Waals surface area (Å²) < 4.78 is 42.9. The molecule has 1 atom stereocenters. The fraction of sp³-hybridized carbons (Fsp3) is 0.538. The zero-order chi connectivity index (χ0) is 13.8. The van der Waals surface area contributed by atoms with Crippen molar-refractivity contribution in [2.45, 2.75) is 20.0 Å². The van der Waals surface area contributed by atoms with Gasteiger partial charge in [-0.1, -0.05) is 35.8 Å². The van der Waals surface area contributed by atoms with Gasteiger partial charge in [0.1, 0.15) is 5.75 Å². The molecule has 0 N–H and O–H groups in total. The van der Waals surface area contributed by atoms with Crippen LogP contribution in [-0.4, -0.2) is 11.9 Å². The Bertz CT molecular complexity index is 377. The van der Waals surface area contributed by atoms with Crippen LogP contribution < -0.4 is 4.74 Å². The second-order valence-electron chi connectivity index (χ2n) is 4.49. The summed E-state index contributed by atoms with van der Waals surface area (Å²) >= 11 is 3.38. The molecule has 0 saturated carbocycles. The van der Waals surface area contributed by atoms with Crippen LogP contribution in [0.2, 0.25) is 0 Å². The lowest BCUT2D eigenvalue weighted by Crippen LogP contribution is -2.19. The molecule has 1 nitrogen and oxygen atoms in total. The van der Waals surface area contributed by atoms with Crippen LogP contribution in [0.3, 0.4) is 0 Å². The van der Waals surface area contributed by atoms with Crippen LogP contribution in [0.1, 0.15) is 19.4 Å². The van der Waals surface area contributed by atoms with Crippen molar-refractivity contribution in [3.8, 4) is 5.75 Å². The van der Waals surface area contributed by atoms with Gasteiger partial charge in [-0.25, -0.2) is 0 Å². The van der Waals surface area contributed by atoms with Gasteiger partial charge in [-0.2, -0.15) is 13.2 Å². The molecule has 0 aliphatic rings. The van der Waals surface area contributed by atoms with Crippen molar-refractivity contribution in [1.82, 2.24) is 0 Å². The molecule has 1 aromatic carbocycles. The largest absolute Gasteiger partial charge is 0.493 e. The minimum atomic E-state index is -4.33. The van der Waals surface area contributed by atoms with E-state index in [0.29, 0.717) is 12.5 Å². The first-order valence-corrected chi connectivity index (χ1v) is 6.82. The van der Waals surface area contributed by atoms with Gasteiger partial charge in [0.25, 0.3) is 0 Å². The molecule has 0 aromatic heterocycles. The van der Waals surface area contributed by atoms with E-state index in [1.807, 2.05) is 0 Å². The number of ether oxygens (including phenoxy) is 1. The molecule has 0 heterocycles. The minimum absolute atomic E-state index is 0.261. The standard InChI is InChI=1S/C13H16BrF3O/c1-9(2)10(7-14)8-18-12-5-3-4-11(6-12)13(15,16)17/h3-6,9-10H,7-8H2,1-2H3. The molecular formula is C13H16BrF3O. The monoisotopic (exact) mass is 324 g/mol. The summed E-state index contributed by atoms with van der Waals surface area (Å²) in [4.78, 5) is 0. The molecule has 0 saturated heterocycles.